The van der Waals surface area contributed by atoms with E-state index in [-0.39, 0.29) is 12.5 Å². The Hall–Kier alpha value is -3.10. The molecule has 0 unspecified atom stereocenters. The Bertz CT molecular complexity index is 1330. The number of aromatic amines is 1. The van der Waals surface area contributed by atoms with Crippen LogP contribution >= 0.6 is 23.6 Å². The molecule has 2 aromatic heterocycles. The van der Waals surface area contributed by atoms with Gasteiger partial charge in [0.15, 0.2) is 15.7 Å². The molecule has 0 radical (unpaired) electrons. The lowest BCUT2D eigenvalue weighted by atomic mass is 9.99. The number of nitrogens with one attached hydrogen (secondary N) is 2. The van der Waals surface area contributed by atoms with Gasteiger partial charge >= 0.3 is 0 Å². The Labute approximate surface area is 190 Å². The molecule has 31 heavy (non-hydrogen) atoms. The maximum atomic E-state index is 12.7. The Kier molecular flexibility index (Phi) is 5.84. The number of aryl methyl sites for hydroxylation is 4. The van der Waals surface area contributed by atoms with Gasteiger partial charge in [-0.3, -0.25) is 14.5 Å². The molecule has 8 heteroatoms. The Morgan fingerprint density at radius 1 is 1.13 bits per heavy atom. The van der Waals surface area contributed by atoms with Gasteiger partial charge in [-0.15, -0.1) is 11.3 Å². The van der Waals surface area contributed by atoms with Crippen LogP contribution in [-0.2, 0) is 11.3 Å². The van der Waals surface area contributed by atoms with Gasteiger partial charge in [0.1, 0.15) is 6.54 Å². The van der Waals surface area contributed by atoms with Crippen molar-refractivity contribution in [2.24, 2.45) is 0 Å². The summed E-state index contributed by atoms with van der Waals surface area (Å²) in [5.74, 6) is 0.429. The fourth-order valence-electron chi connectivity index (χ4n) is 3.46. The van der Waals surface area contributed by atoms with Crippen molar-refractivity contribution in [3.05, 3.63) is 68.8 Å². The van der Waals surface area contributed by atoms with Crippen LogP contribution < -0.4 is 5.32 Å². The lowest BCUT2D eigenvalue weighted by Gasteiger charge is -2.08. The summed E-state index contributed by atoms with van der Waals surface area (Å²) in [6.45, 7) is 8.33. The Morgan fingerprint density at radius 3 is 2.68 bits per heavy atom. The molecule has 0 bridgehead atoms. The number of H-pyrrole nitrogens is 1. The monoisotopic (exact) mass is 449 g/mol. The van der Waals surface area contributed by atoms with Crippen molar-refractivity contribution >= 4 is 34.6 Å². The summed E-state index contributed by atoms with van der Waals surface area (Å²) in [7, 11) is 0. The van der Waals surface area contributed by atoms with Crippen molar-refractivity contribution in [2.75, 3.05) is 5.32 Å². The summed E-state index contributed by atoms with van der Waals surface area (Å²) >= 11 is 6.75. The van der Waals surface area contributed by atoms with Gasteiger partial charge in [0, 0.05) is 16.5 Å². The van der Waals surface area contributed by atoms with Crippen LogP contribution in [0.25, 0.3) is 22.6 Å². The number of rotatable bonds is 5. The molecule has 2 aromatic carbocycles. The number of amides is 1. The van der Waals surface area contributed by atoms with Crippen LogP contribution in [-0.4, -0.2) is 25.7 Å². The molecular weight excluding hydrogens is 426 g/mol. The van der Waals surface area contributed by atoms with Crippen LogP contribution in [0.1, 0.15) is 22.3 Å². The van der Waals surface area contributed by atoms with Crippen LogP contribution in [0, 0.1) is 32.5 Å². The van der Waals surface area contributed by atoms with Gasteiger partial charge in [0.25, 0.3) is 0 Å². The number of carbonyl (C=O) groups is 1. The third-order valence-electron chi connectivity index (χ3n) is 5.20. The molecule has 0 aliphatic rings. The first-order valence-electron chi connectivity index (χ1n) is 9.87. The predicted molar refractivity (Wildman–Crippen MR) is 128 cm³/mol. The van der Waals surface area contributed by atoms with Crippen molar-refractivity contribution < 1.29 is 4.79 Å². The van der Waals surface area contributed by atoms with E-state index in [9.17, 15) is 4.79 Å². The van der Waals surface area contributed by atoms with Crippen molar-refractivity contribution in [2.45, 2.75) is 34.2 Å². The van der Waals surface area contributed by atoms with E-state index in [1.165, 1.54) is 28.0 Å². The Morgan fingerprint density at radius 2 is 1.90 bits per heavy atom. The number of thiazole rings is 1. The van der Waals surface area contributed by atoms with E-state index < -0.39 is 0 Å². The molecule has 0 fully saturated rings. The lowest BCUT2D eigenvalue weighted by Crippen LogP contribution is -2.19. The SMILES string of the molecule is Cc1cccc(-c2n[nH]c(=S)n2CC(=O)Nc2nc(-c3cc(C)c(C)cc3C)cs2)c1. The predicted octanol–water partition coefficient (Wildman–Crippen LogP) is 5.60. The van der Waals surface area contributed by atoms with Crippen molar-refractivity contribution in [3.8, 4) is 22.6 Å². The molecule has 4 rings (SSSR count). The second-order valence-electron chi connectivity index (χ2n) is 7.65. The fourth-order valence-corrected chi connectivity index (χ4v) is 4.39. The quantitative estimate of drug-likeness (QED) is 0.389. The molecule has 0 aliphatic heterocycles. The second kappa shape index (κ2) is 8.56. The lowest BCUT2D eigenvalue weighted by molar-refractivity contribution is -0.116. The van der Waals surface area contributed by atoms with Gasteiger partial charge in [-0.25, -0.2) is 4.98 Å². The second-order valence-corrected chi connectivity index (χ2v) is 8.89. The summed E-state index contributed by atoms with van der Waals surface area (Å²) in [5, 5.41) is 12.5. The summed E-state index contributed by atoms with van der Waals surface area (Å²) < 4.78 is 2.10. The molecule has 0 spiro atoms. The van der Waals surface area contributed by atoms with Crippen molar-refractivity contribution in [1.82, 2.24) is 19.7 Å². The number of benzene rings is 2. The highest BCUT2D eigenvalue weighted by molar-refractivity contribution is 7.71. The highest BCUT2D eigenvalue weighted by Crippen LogP contribution is 2.29. The van der Waals surface area contributed by atoms with Gasteiger partial charge in [-0.1, -0.05) is 29.8 Å². The smallest absolute Gasteiger partial charge is 0.246 e. The van der Waals surface area contributed by atoms with Crippen LogP contribution in [0.4, 0.5) is 5.13 Å². The molecule has 0 aliphatic carbocycles. The zero-order valence-electron chi connectivity index (χ0n) is 17.8. The summed E-state index contributed by atoms with van der Waals surface area (Å²) in [5.41, 5.74) is 7.60. The van der Waals surface area contributed by atoms with E-state index in [2.05, 4.69) is 53.4 Å². The average molecular weight is 450 g/mol. The normalized spacial score (nSPS) is 11.0. The molecule has 0 saturated heterocycles. The maximum Gasteiger partial charge on any atom is 0.246 e. The third-order valence-corrected chi connectivity index (χ3v) is 6.27. The average Bonchev–Trinajstić information content (AvgIpc) is 3.32. The number of aromatic nitrogens is 4. The van der Waals surface area contributed by atoms with Crippen molar-refractivity contribution in [3.63, 3.8) is 0 Å². The summed E-state index contributed by atoms with van der Waals surface area (Å²) in [6, 6.07) is 12.2. The molecule has 0 atom stereocenters. The minimum atomic E-state index is -0.205. The molecule has 2 N–H and O–H groups in total. The van der Waals surface area contributed by atoms with Gasteiger partial charge < -0.3 is 5.32 Å². The maximum absolute atomic E-state index is 12.7. The number of hydrogen-bond donors (Lipinski definition) is 2. The molecule has 158 valence electrons. The molecule has 6 nitrogen and oxygen atoms in total. The zero-order valence-corrected chi connectivity index (χ0v) is 19.4. The molecule has 2 heterocycles. The molecular formula is C23H23N5OS2. The largest absolute Gasteiger partial charge is 0.300 e. The highest BCUT2D eigenvalue weighted by Gasteiger charge is 2.15. The molecule has 4 aromatic rings. The van der Waals surface area contributed by atoms with Gasteiger partial charge in [0.05, 0.1) is 5.69 Å². The van der Waals surface area contributed by atoms with E-state index >= 15 is 0 Å². The Balaban J connectivity index is 1.53. The third kappa shape index (κ3) is 4.50. The molecule has 0 saturated carbocycles. The zero-order chi connectivity index (χ0) is 22.1. The molecule has 1 amide bonds. The first-order valence-corrected chi connectivity index (χ1v) is 11.2. The summed E-state index contributed by atoms with van der Waals surface area (Å²) in [4.78, 5) is 17.4. The number of carbonyl (C=O) groups excluding carboxylic acids is 1. The van der Waals surface area contributed by atoms with Gasteiger partial charge in [-0.2, -0.15) is 5.10 Å². The topological polar surface area (TPSA) is 75.6 Å². The van der Waals surface area contributed by atoms with E-state index in [1.807, 2.05) is 36.6 Å². The van der Waals surface area contributed by atoms with E-state index in [1.54, 1.807) is 4.57 Å². The van der Waals surface area contributed by atoms with Crippen LogP contribution in [0.3, 0.4) is 0 Å². The minimum absolute atomic E-state index is 0.0518. The number of hydrogen-bond acceptors (Lipinski definition) is 5. The van der Waals surface area contributed by atoms with E-state index in [0.717, 1.165) is 22.4 Å². The number of nitrogens with zero attached hydrogens (tertiary/aromatic N) is 3. The first kappa shape index (κ1) is 21.1. The number of anilines is 1. The van der Waals surface area contributed by atoms with Crippen molar-refractivity contribution in [1.29, 1.82) is 0 Å². The highest BCUT2D eigenvalue weighted by atomic mass is 32.1. The first-order chi connectivity index (χ1) is 14.8. The van der Waals surface area contributed by atoms with E-state index in [4.69, 9.17) is 12.2 Å². The van der Waals surface area contributed by atoms with Gasteiger partial charge in [-0.05, 0) is 68.7 Å². The summed E-state index contributed by atoms with van der Waals surface area (Å²) in [6.07, 6.45) is 0. The van der Waals surface area contributed by atoms with Gasteiger partial charge in [0.2, 0.25) is 5.91 Å². The van der Waals surface area contributed by atoms with Crippen LogP contribution in [0.15, 0.2) is 41.8 Å². The minimum Gasteiger partial charge on any atom is -0.300 e. The van der Waals surface area contributed by atoms with E-state index in [0.29, 0.717) is 15.7 Å². The van der Waals surface area contributed by atoms with Crippen LogP contribution in [0.5, 0.6) is 0 Å². The fraction of sp³-hybridized carbons (Fsp3) is 0.217. The van der Waals surface area contributed by atoms with Crippen LogP contribution in [0.2, 0.25) is 0 Å². The standard InChI is InChI=1S/C23H23N5OS2/c1-13-6-5-7-17(8-13)21-26-27-23(30)28(21)11-20(29)25-22-24-19(12-31-22)18-10-15(3)14(2)9-16(18)4/h5-10,12H,11H2,1-4H3,(H,27,30)(H,24,25,29).